The van der Waals surface area contributed by atoms with Crippen LogP contribution in [0.2, 0.25) is 0 Å². The van der Waals surface area contributed by atoms with Gasteiger partial charge in [0.15, 0.2) is 17.3 Å². The lowest BCUT2D eigenvalue weighted by Gasteiger charge is -2.22. The minimum absolute atomic E-state index is 0.0239. The lowest BCUT2D eigenvalue weighted by atomic mass is 10.2. The Morgan fingerprint density at radius 1 is 1.36 bits per heavy atom. The van der Waals surface area contributed by atoms with Crippen molar-refractivity contribution in [3.8, 4) is 23.0 Å². The number of rotatable bonds is 4. The standard InChI is InChI=1S/C16H18N4O5/c21-8-11-2-1-5-20(11)16(22)17-7-14-18-15(25-19-14)10-3-4-12-13(6-10)24-9-23-12/h3-4,6,11,21H,1-2,5,7-9H2,(H,17,22)/t11-/m1/s1. The van der Waals surface area contributed by atoms with E-state index in [1.807, 2.05) is 0 Å². The molecule has 2 amide bonds. The van der Waals surface area contributed by atoms with E-state index in [-0.39, 0.29) is 32.0 Å². The Hall–Kier alpha value is -2.81. The highest BCUT2D eigenvalue weighted by molar-refractivity contribution is 5.74. The predicted molar refractivity (Wildman–Crippen MR) is 84.9 cm³/mol. The number of nitrogens with one attached hydrogen (secondary N) is 1. The third kappa shape index (κ3) is 3.10. The van der Waals surface area contributed by atoms with Crippen LogP contribution >= 0.6 is 0 Å². The average Bonchev–Trinajstić information content (AvgIpc) is 3.38. The summed E-state index contributed by atoms with van der Waals surface area (Å²) >= 11 is 0. The molecule has 132 valence electrons. The molecular weight excluding hydrogens is 328 g/mol. The second-order valence-corrected chi connectivity index (χ2v) is 5.91. The highest BCUT2D eigenvalue weighted by atomic mass is 16.7. The van der Waals surface area contributed by atoms with Crippen molar-refractivity contribution >= 4 is 6.03 Å². The van der Waals surface area contributed by atoms with Crippen molar-refractivity contribution in [1.82, 2.24) is 20.4 Å². The molecule has 1 aromatic carbocycles. The van der Waals surface area contributed by atoms with Gasteiger partial charge in [0.05, 0.1) is 19.2 Å². The molecule has 1 saturated heterocycles. The minimum atomic E-state index is -0.231. The topological polar surface area (TPSA) is 110 Å². The van der Waals surface area contributed by atoms with E-state index >= 15 is 0 Å². The van der Waals surface area contributed by atoms with Gasteiger partial charge in [0, 0.05) is 12.1 Å². The van der Waals surface area contributed by atoms with Crippen LogP contribution in [-0.2, 0) is 6.54 Å². The number of likely N-dealkylation sites (tertiary alicyclic amines) is 1. The number of amides is 2. The Balaban J connectivity index is 1.39. The molecule has 0 saturated carbocycles. The fourth-order valence-corrected chi connectivity index (χ4v) is 3.02. The number of hydrogen-bond acceptors (Lipinski definition) is 7. The van der Waals surface area contributed by atoms with E-state index < -0.39 is 0 Å². The molecule has 9 nitrogen and oxygen atoms in total. The van der Waals surface area contributed by atoms with Gasteiger partial charge >= 0.3 is 6.03 Å². The van der Waals surface area contributed by atoms with Crippen LogP contribution in [0.4, 0.5) is 4.79 Å². The summed E-state index contributed by atoms with van der Waals surface area (Å²) in [5, 5.41) is 15.9. The maximum Gasteiger partial charge on any atom is 0.318 e. The van der Waals surface area contributed by atoms with Crippen molar-refractivity contribution in [3.63, 3.8) is 0 Å². The summed E-state index contributed by atoms with van der Waals surface area (Å²) in [6.45, 7) is 0.975. The molecular formula is C16H18N4O5. The van der Waals surface area contributed by atoms with Crippen molar-refractivity contribution in [3.05, 3.63) is 24.0 Å². The number of aliphatic hydroxyl groups is 1. The molecule has 1 fully saturated rings. The zero-order chi connectivity index (χ0) is 17.2. The number of carbonyl (C=O) groups excluding carboxylic acids is 1. The molecule has 1 atom stereocenters. The van der Waals surface area contributed by atoms with Gasteiger partial charge in [-0.1, -0.05) is 5.16 Å². The van der Waals surface area contributed by atoms with Crippen LogP contribution in [0.1, 0.15) is 18.7 Å². The van der Waals surface area contributed by atoms with Crippen molar-refractivity contribution in [2.24, 2.45) is 0 Å². The van der Waals surface area contributed by atoms with Gasteiger partial charge in [-0.3, -0.25) is 0 Å². The molecule has 2 N–H and O–H groups in total. The van der Waals surface area contributed by atoms with Gasteiger partial charge in [-0.15, -0.1) is 0 Å². The number of carbonyl (C=O) groups is 1. The summed E-state index contributed by atoms with van der Waals surface area (Å²) < 4.78 is 15.8. The smallest absolute Gasteiger partial charge is 0.318 e. The first-order valence-electron chi connectivity index (χ1n) is 8.12. The highest BCUT2D eigenvalue weighted by Gasteiger charge is 2.28. The summed E-state index contributed by atoms with van der Waals surface area (Å²) in [7, 11) is 0. The summed E-state index contributed by atoms with van der Waals surface area (Å²) in [4.78, 5) is 18.1. The zero-order valence-corrected chi connectivity index (χ0v) is 13.5. The van der Waals surface area contributed by atoms with Gasteiger partial charge in [0.1, 0.15) is 0 Å². The molecule has 4 rings (SSSR count). The number of ether oxygens (including phenoxy) is 2. The van der Waals surface area contributed by atoms with Gasteiger partial charge in [-0.25, -0.2) is 4.79 Å². The van der Waals surface area contributed by atoms with E-state index in [2.05, 4.69) is 15.5 Å². The number of aliphatic hydroxyl groups excluding tert-OH is 1. The monoisotopic (exact) mass is 346 g/mol. The molecule has 2 aromatic rings. The van der Waals surface area contributed by atoms with Gasteiger partial charge in [-0.2, -0.15) is 4.98 Å². The molecule has 0 bridgehead atoms. The van der Waals surface area contributed by atoms with Gasteiger partial charge in [0.25, 0.3) is 5.89 Å². The number of benzene rings is 1. The molecule has 0 radical (unpaired) electrons. The Kier molecular flexibility index (Phi) is 4.14. The Labute approximate surface area is 143 Å². The highest BCUT2D eigenvalue weighted by Crippen LogP contribution is 2.35. The van der Waals surface area contributed by atoms with Gasteiger partial charge in [-0.05, 0) is 31.0 Å². The fraction of sp³-hybridized carbons (Fsp3) is 0.438. The van der Waals surface area contributed by atoms with Crippen LogP contribution in [0, 0.1) is 0 Å². The number of fused-ring (bicyclic) bond motifs is 1. The second-order valence-electron chi connectivity index (χ2n) is 5.91. The molecule has 0 spiro atoms. The normalized spacial score (nSPS) is 18.6. The van der Waals surface area contributed by atoms with Gasteiger partial charge in [0.2, 0.25) is 6.79 Å². The Morgan fingerprint density at radius 3 is 3.12 bits per heavy atom. The number of hydrogen-bond donors (Lipinski definition) is 2. The number of aromatic nitrogens is 2. The third-order valence-electron chi connectivity index (χ3n) is 4.33. The first-order chi connectivity index (χ1) is 12.2. The SMILES string of the molecule is O=C(NCc1noc(-c2ccc3c(c2)OCO3)n1)N1CCC[C@@H]1CO. The van der Waals surface area contributed by atoms with Crippen LogP contribution in [0.15, 0.2) is 22.7 Å². The number of nitrogens with zero attached hydrogens (tertiary/aromatic N) is 3. The summed E-state index contributed by atoms with van der Waals surface area (Å²) in [6.07, 6.45) is 1.72. The summed E-state index contributed by atoms with van der Waals surface area (Å²) in [6, 6.07) is 5.01. The quantitative estimate of drug-likeness (QED) is 0.854. The van der Waals surface area contributed by atoms with Gasteiger partial charge < -0.3 is 29.3 Å². The Morgan fingerprint density at radius 2 is 2.24 bits per heavy atom. The van der Waals surface area contributed by atoms with Crippen LogP contribution in [0.3, 0.4) is 0 Å². The molecule has 9 heteroatoms. The molecule has 2 aliphatic rings. The largest absolute Gasteiger partial charge is 0.454 e. The molecule has 2 aliphatic heterocycles. The summed E-state index contributed by atoms with van der Waals surface area (Å²) in [5.74, 6) is 2.03. The van der Waals surface area contributed by atoms with Crippen molar-refractivity contribution in [1.29, 1.82) is 0 Å². The first-order valence-corrected chi connectivity index (χ1v) is 8.12. The average molecular weight is 346 g/mol. The van der Waals surface area contributed by atoms with Crippen LogP contribution in [0.5, 0.6) is 11.5 Å². The summed E-state index contributed by atoms with van der Waals surface area (Å²) in [5.41, 5.74) is 0.717. The lowest BCUT2D eigenvalue weighted by Crippen LogP contribution is -2.44. The lowest BCUT2D eigenvalue weighted by molar-refractivity contribution is 0.156. The molecule has 1 aromatic heterocycles. The maximum atomic E-state index is 12.2. The second kappa shape index (κ2) is 6.60. The zero-order valence-electron chi connectivity index (χ0n) is 13.5. The molecule has 0 unspecified atom stereocenters. The predicted octanol–water partition coefficient (Wildman–Crippen LogP) is 1.13. The van der Waals surface area contributed by atoms with E-state index in [1.165, 1.54) is 0 Å². The van der Waals surface area contributed by atoms with Crippen molar-refractivity contribution in [2.75, 3.05) is 19.9 Å². The van der Waals surface area contributed by atoms with Crippen molar-refractivity contribution in [2.45, 2.75) is 25.4 Å². The number of urea groups is 1. The fourth-order valence-electron chi connectivity index (χ4n) is 3.02. The van der Waals surface area contributed by atoms with Crippen LogP contribution in [-0.4, -0.2) is 52.2 Å². The first kappa shape index (κ1) is 15.7. The van der Waals surface area contributed by atoms with E-state index in [4.69, 9.17) is 14.0 Å². The van der Waals surface area contributed by atoms with Crippen LogP contribution in [0.25, 0.3) is 11.5 Å². The maximum absolute atomic E-state index is 12.2. The van der Waals surface area contributed by atoms with E-state index in [9.17, 15) is 9.90 Å². The molecule has 25 heavy (non-hydrogen) atoms. The van der Waals surface area contributed by atoms with Crippen LogP contribution < -0.4 is 14.8 Å². The van der Waals surface area contributed by atoms with E-state index in [1.54, 1.807) is 23.1 Å². The Bertz CT molecular complexity index is 778. The van der Waals surface area contributed by atoms with E-state index in [0.717, 1.165) is 12.8 Å². The molecule has 3 heterocycles. The third-order valence-corrected chi connectivity index (χ3v) is 4.33. The minimum Gasteiger partial charge on any atom is -0.454 e. The van der Waals surface area contributed by atoms with Crippen molar-refractivity contribution < 1.29 is 23.9 Å². The van der Waals surface area contributed by atoms with E-state index in [0.29, 0.717) is 35.3 Å². The molecule has 0 aliphatic carbocycles.